The van der Waals surface area contributed by atoms with E-state index < -0.39 is 5.67 Å². The Morgan fingerprint density at radius 1 is 1.71 bits per heavy atom. The number of rotatable bonds is 2. The minimum atomic E-state index is -0.997. The molecule has 0 saturated carbocycles. The Labute approximate surface area is 87.8 Å². The normalized spacial score (nSPS) is 29.3. The van der Waals surface area contributed by atoms with Crippen molar-refractivity contribution in [2.24, 2.45) is 0 Å². The molecule has 0 radical (unpaired) electrons. The fourth-order valence-corrected chi connectivity index (χ4v) is 2.61. The summed E-state index contributed by atoms with van der Waals surface area (Å²) >= 11 is 1.64. The maximum absolute atomic E-state index is 13.7. The summed E-state index contributed by atoms with van der Waals surface area (Å²) < 4.78 is 13.7. The monoisotopic (exact) mass is 214 g/mol. The first-order valence-corrected chi connectivity index (χ1v) is 5.82. The molecule has 2 rings (SSSR count). The van der Waals surface area contributed by atoms with E-state index in [0.717, 1.165) is 19.5 Å². The number of piperidine rings is 1. The van der Waals surface area contributed by atoms with Gasteiger partial charge in [0, 0.05) is 24.2 Å². The zero-order chi connectivity index (χ0) is 10.0. The lowest BCUT2D eigenvalue weighted by molar-refractivity contribution is 0.0568. The van der Waals surface area contributed by atoms with Crippen molar-refractivity contribution in [2.75, 3.05) is 13.1 Å². The lowest BCUT2D eigenvalue weighted by Crippen LogP contribution is -2.42. The molecule has 0 amide bonds. The third-order valence-electron chi connectivity index (χ3n) is 2.59. The highest BCUT2D eigenvalue weighted by Crippen LogP contribution is 2.25. The molecule has 0 unspecified atom stereocenters. The molecular weight excluding hydrogens is 199 g/mol. The average molecular weight is 214 g/mol. The molecule has 2 nitrogen and oxygen atoms in total. The van der Waals surface area contributed by atoms with Crippen LogP contribution in [0, 0.1) is 0 Å². The maximum Gasteiger partial charge on any atom is 0.120 e. The molecule has 78 valence electrons. The first kappa shape index (κ1) is 10.1. The topological polar surface area (TPSA) is 16.1 Å². The second kappa shape index (κ2) is 3.95. The molecule has 1 saturated heterocycles. The number of alkyl halides is 1. The van der Waals surface area contributed by atoms with Crippen molar-refractivity contribution in [3.8, 4) is 0 Å². The summed E-state index contributed by atoms with van der Waals surface area (Å²) in [5.41, 5.74) is 0.830. The summed E-state index contributed by atoms with van der Waals surface area (Å²) in [6.45, 7) is 4.12. The Balaban J connectivity index is 1.92. The molecule has 1 aliphatic heterocycles. The number of hydrogen-bond acceptors (Lipinski definition) is 3. The zero-order valence-electron chi connectivity index (χ0n) is 8.37. The van der Waals surface area contributed by atoms with Crippen LogP contribution in [-0.2, 0) is 6.54 Å². The first-order chi connectivity index (χ1) is 6.66. The van der Waals surface area contributed by atoms with Crippen molar-refractivity contribution in [3.05, 3.63) is 16.6 Å². The molecule has 14 heavy (non-hydrogen) atoms. The first-order valence-electron chi connectivity index (χ1n) is 4.94. The van der Waals surface area contributed by atoms with Gasteiger partial charge in [0.25, 0.3) is 0 Å². The summed E-state index contributed by atoms with van der Waals surface area (Å²) in [5, 5.41) is 0. The van der Waals surface area contributed by atoms with E-state index in [-0.39, 0.29) is 0 Å². The van der Waals surface area contributed by atoms with Crippen LogP contribution in [0.5, 0.6) is 0 Å². The van der Waals surface area contributed by atoms with Gasteiger partial charge in [-0.25, -0.2) is 4.39 Å². The predicted octanol–water partition coefficient (Wildman–Crippen LogP) is 2.47. The van der Waals surface area contributed by atoms with E-state index in [9.17, 15) is 4.39 Å². The molecule has 1 fully saturated rings. The van der Waals surface area contributed by atoms with Crippen LogP contribution >= 0.6 is 11.3 Å². The standard InChI is InChI=1S/C10H15FN2S/c1-10(11)3-2-4-13(7-10)6-9-5-12-8-14-9/h5,8H,2-4,6-7H2,1H3/t10-/m1/s1. The summed E-state index contributed by atoms with van der Waals surface area (Å²) in [6.07, 6.45) is 3.53. The molecule has 1 aliphatic rings. The van der Waals surface area contributed by atoms with Gasteiger partial charge < -0.3 is 0 Å². The minimum Gasteiger partial charge on any atom is -0.295 e. The Hall–Kier alpha value is -0.480. The number of aromatic nitrogens is 1. The van der Waals surface area contributed by atoms with Crippen molar-refractivity contribution >= 4 is 11.3 Å². The van der Waals surface area contributed by atoms with Crippen LogP contribution in [0.15, 0.2) is 11.7 Å². The second-order valence-electron chi connectivity index (χ2n) is 4.20. The predicted molar refractivity (Wildman–Crippen MR) is 56.1 cm³/mol. The molecule has 1 aromatic heterocycles. The van der Waals surface area contributed by atoms with Gasteiger partial charge >= 0.3 is 0 Å². The van der Waals surface area contributed by atoms with E-state index in [2.05, 4.69) is 9.88 Å². The van der Waals surface area contributed by atoms with Crippen molar-refractivity contribution < 1.29 is 4.39 Å². The summed E-state index contributed by atoms with van der Waals surface area (Å²) in [4.78, 5) is 7.42. The molecule has 0 aromatic carbocycles. The molecule has 1 atom stereocenters. The van der Waals surface area contributed by atoms with Gasteiger partial charge in [0.15, 0.2) is 0 Å². The lowest BCUT2D eigenvalue weighted by Gasteiger charge is -2.34. The van der Waals surface area contributed by atoms with Crippen LogP contribution in [0.1, 0.15) is 24.6 Å². The Morgan fingerprint density at radius 2 is 2.57 bits per heavy atom. The molecule has 1 aromatic rings. The van der Waals surface area contributed by atoms with Gasteiger partial charge in [-0.2, -0.15) is 0 Å². The van der Waals surface area contributed by atoms with Crippen LogP contribution in [0.4, 0.5) is 4.39 Å². The molecule has 0 N–H and O–H groups in total. The molecule has 0 bridgehead atoms. The van der Waals surface area contributed by atoms with Gasteiger partial charge in [-0.15, -0.1) is 11.3 Å². The van der Waals surface area contributed by atoms with E-state index in [1.807, 2.05) is 11.7 Å². The summed E-state index contributed by atoms with van der Waals surface area (Å²) in [7, 11) is 0. The van der Waals surface area contributed by atoms with Gasteiger partial charge in [-0.1, -0.05) is 0 Å². The van der Waals surface area contributed by atoms with Gasteiger partial charge in [0.1, 0.15) is 5.67 Å². The van der Waals surface area contributed by atoms with Crippen molar-refractivity contribution in [2.45, 2.75) is 32.0 Å². The Bertz CT molecular complexity index is 284. The highest BCUT2D eigenvalue weighted by atomic mass is 32.1. The number of likely N-dealkylation sites (tertiary alicyclic amines) is 1. The van der Waals surface area contributed by atoms with Gasteiger partial charge in [0.2, 0.25) is 0 Å². The summed E-state index contributed by atoms with van der Waals surface area (Å²) in [5.74, 6) is 0. The molecule has 0 aliphatic carbocycles. The summed E-state index contributed by atoms with van der Waals surface area (Å²) in [6, 6.07) is 0. The van der Waals surface area contributed by atoms with Crippen LogP contribution < -0.4 is 0 Å². The molecule has 0 spiro atoms. The lowest BCUT2D eigenvalue weighted by atomic mass is 9.97. The highest BCUT2D eigenvalue weighted by molar-refractivity contribution is 7.09. The third-order valence-corrected chi connectivity index (χ3v) is 3.35. The molecule has 4 heteroatoms. The van der Waals surface area contributed by atoms with Gasteiger partial charge in [-0.05, 0) is 26.3 Å². The fraction of sp³-hybridized carbons (Fsp3) is 0.700. The minimum absolute atomic E-state index is 0.560. The van der Waals surface area contributed by atoms with Crippen molar-refractivity contribution in [3.63, 3.8) is 0 Å². The Kier molecular flexibility index (Phi) is 2.83. The number of halogens is 1. The quantitative estimate of drug-likeness (QED) is 0.752. The smallest absolute Gasteiger partial charge is 0.120 e. The van der Waals surface area contributed by atoms with Crippen LogP contribution in [0.3, 0.4) is 0 Å². The van der Waals surface area contributed by atoms with Crippen molar-refractivity contribution in [1.29, 1.82) is 0 Å². The fourth-order valence-electron chi connectivity index (χ4n) is 1.97. The van der Waals surface area contributed by atoms with E-state index in [1.165, 1.54) is 4.88 Å². The van der Waals surface area contributed by atoms with E-state index in [1.54, 1.807) is 18.3 Å². The number of nitrogens with zero attached hydrogens (tertiary/aromatic N) is 2. The largest absolute Gasteiger partial charge is 0.295 e. The zero-order valence-corrected chi connectivity index (χ0v) is 9.19. The van der Waals surface area contributed by atoms with Crippen molar-refractivity contribution in [1.82, 2.24) is 9.88 Å². The second-order valence-corrected chi connectivity index (χ2v) is 5.17. The van der Waals surface area contributed by atoms with Gasteiger partial charge in [-0.3, -0.25) is 9.88 Å². The van der Waals surface area contributed by atoms with Crippen LogP contribution in [0.25, 0.3) is 0 Å². The SMILES string of the molecule is C[C@@]1(F)CCCN(Cc2cncs2)C1. The van der Waals surface area contributed by atoms with Crippen LogP contribution in [0.2, 0.25) is 0 Å². The van der Waals surface area contributed by atoms with Gasteiger partial charge in [0.05, 0.1) is 5.51 Å². The third kappa shape index (κ3) is 2.51. The Morgan fingerprint density at radius 3 is 3.21 bits per heavy atom. The van der Waals surface area contributed by atoms with Crippen LogP contribution in [-0.4, -0.2) is 28.6 Å². The number of thiazole rings is 1. The average Bonchev–Trinajstić information content (AvgIpc) is 2.54. The molecule has 2 heterocycles. The van der Waals surface area contributed by atoms with E-state index in [0.29, 0.717) is 13.0 Å². The highest BCUT2D eigenvalue weighted by Gasteiger charge is 2.30. The van der Waals surface area contributed by atoms with E-state index in [4.69, 9.17) is 0 Å². The number of hydrogen-bond donors (Lipinski definition) is 0. The maximum atomic E-state index is 13.7. The molecular formula is C10H15FN2S. The van der Waals surface area contributed by atoms with E-state index >= 15 is 0 Å².